The number of anilines is 2. The van der Waals surface area contributed by atoms with Gasteiger partial charge in [-0.2, -0.15) is 0 Å². The average Bonchev–Trinajstić information content (AvgIpc) is 2.38. The quantitative estimate of drug-likeness (QED) is 0.664. The van der Waals surface area contributed by atoms with Crippen molar-refractivity contribution >= 4 is 11.6 Å². The summed E-state index contributed by atoms with van der Waals surface area (Å²) in [5, 5.41) is 6.62. The minimum absolute atomic E-state index is 0.304. The van der Waals surface area contributed by atoms with Crippen molar-refractivity contribution in [3.63, 3.8) is 0 Å². The molecule has 0 amide bonds. The van der Waals surface area contributed by atoms with Crippen molar-refractivity contribution in [2.45, 2.75) is 53.4 Å². The fourth-order valence-electron chi connectivity index (χ4n) is 2.00. The van der Waals surface area contributed by atoms with Crippen molar-refractivity contribution in [2.24, 2.45) is 5.41 Å². The summed E-state index contributed by atoms with van der Waals surface area (Å²) in [6, 6.07) is 1.96. The molecule has 0 bridgehead atoms. The standard InChI is InChI=1S/C15H28N4/c1-5-7-8-9-15(3,4)11-17-14-10-13(16-6-2)18-12-19-14/h10,12H,5-9,11H2,1-4H3,(H2,16,17,18,19). The van der Waals surface area contributed by atoms with E-state index in [1.165, 1.54) is 25.7 Å². The highest BCUT2D eigenvalue weighted by Gasteiger charge is 2.17. The summed E-state index contributed by atoms with van der Waals surface area (Å²) in [5.74, 6) is 1.78. The number of nitrogens with zero attached hydrogens (tertiary/aromatic N) is 2. The van der Waals surface area contributed by atoms with E-state index in [-0.39, 0.29) is 0 Å². The van der Waals surface area contributed by atoms with E-state index in [0.717, 1.165) is 24.7 Å². The molecule has 0 spiro atoms. The van der Waals surface area contributed by atoms with E-state index < -0.39 is 0 Å². The molecule has 0 radical (unpaired) electrons. The van der Waals surface area contributed by atoms with Gasteiger partial charge in [-0.05, 0) is 18.8 Å². The molecule has 1 aromatic heterocycles. The van der Waals surface area contributed by atoms with Crippen LogP contribution in [0.25, 0.3) is 0 Å². The lowest BCUT2D eigenvalue weighted by molar-refractivity contribution is 0.342. The van der Waals surface area contributed by atoms with Gasteiger partial charge in [-0.25, -0.2) is 9.97 Å². The van der Waals surface area contributed by atoms with Crippen LogP contribution in [-0.4, -0.2) is 23.1 Å². The van der Waals surface area contributed by atoms with Gasteiger partial charge in [0, 0.05) is 19.2 Å². The maximum atomic E-state index is 4.26. The first-order chi connectivity index (χ1) is 9.07. The summed E-state index contributed by atoms with van der Waals surface area (Å²) >= 11 is 0. The summed E-state index contributed by atoms with van der Waals surface area (Å²) in [7, 11) is 0. The lowest BCUT2D eigenvalue weighted by Crippen LogP contribution is -2.23. The fraction of sp³-hybridized carbons (Fsp3) is 0.733. The average molecular weight is 264 g/mol. The highest BCUT2D eigenvalue weighted by atomic mass is 15.1. The number of hydrogen-bond acceptors (Lipinski definition) is 4. The SMILES string of the molecule is CCCCCC(C)(C)CNc1cc(NCC)ncn1. The molecule has 19 heavy (non-hydrogen) atoms. The van der Waals surface area contributed by atoms with Crippen LogP contribution in [0.2, 0.25) is 0 Å². The molecule has 108 valence electrons. The molecule has 0 aliphatic heterocycles. The van der Waals surface area contributed by atoms with Crippen molar-refractivity contribution in [3.05, 3.63) is 12.4 Å². The summed E-state index contributed by atoms with van der Waals surface area (Å²) in [5.41, 5.74) is 0.304. The molecule has 4 heteroatoms. The van der Waals surface area contributed by atoms with Gasteiger partial charge >= 0.3 is 0 Å². The van der Waals surface area contributed by atoms with Gasteiger partial charge in [0.05, 0.1) is 0 Å². The molecular weight excluding hydrogens is 236 g/mol. The molecule has 0 saturated carbocycles. The lowest BCUT2D eigenvalue weighted by atomic mass is 9.87. The third-order valence-corrected chi connectivity index (χ3v) is 3.23. The maximum absolute atomic E-state index is 4.26. The predicted molar refractivity (Wildman–Crippen MR) is 82.6 cm³/mol. The van der Waals surface area contributed by atoms with Gasteiger partial charge in [0.15, 0.2) is 0 Å². The molecule has 1 heterocycles. The number of aromatic nitrogens is 2. The molecule has 0 fully saturated rings. The molecule has 4 nitrogen and oxygen atoms in total. The van der Waals surface area contributed by atoms with Crippen LogP contribution in [-0.2, 0) is 0 Å². The van der Waals surface area contributed by atoms with Crippen LogP contribution in [0.5, 0.6) is 0 Å². The van der Waals surface area contributed by atoms with Gasteiger partial charge in [0.25, 0.3) is 0 Å². The zero-order chi connectivity index (χ0) is 14.1. The van der Waals surface area contributed by atoms with E-state index in [2.05, 4.69) is 48.3 Å². The summed E-state index contributed by atoms with van der Waals surface area (Å²) in [4.78, 5) is 8.43. The topological polar surface area (TPSA) is 49.8 Å². The highest BCUT2D eigenvalue weighted by Crippen LogP contribution is 2.24. The number of unbranched alkanes of at least 4 members (excludes halogenated alkanes) is 2. The first-order valence-electron chi connectivity index (χ1n) is 7.37. The largest absolute Gasteiger partial charge is 0.370 e. The lowest BCUT2D eigenvalue weighted by Gasteiger charge is -2.25. The minimum atomic E-state index is 0.304. The van der Waals surface area contributed by atoms with Crippen molar-refractivity contribution < 1.29 is 0 Å². The molecule has 1 aromatic rings. The second-order valence-electron chi connectivity index (χ2n) is 5.79. The summed E-state index contributed by atoms with van der Waals surface area (Å²) < 4.78 is 0. The van der Waals surface area contributed by atoms with Gasteiger partial charge in [0.2, 0.25) is 0 Å². The highest BCUT2D eigenvalue weighted by molar-refractivity contribution is 5.46. The Kier molecular flexibility index (Phi) is 6.60. The second-order valence-corrected chi connectivity index (χ2v) is 5.79. The van der Waals surface area contributed by atoms with E-state index >= 15 is 0 Å². The monoisotopic (exact) mass is 264 g/mol. The Bertz CT molecular complexity index is 363. The van der Waals surface area contributed by atoms with Gasteiger partial charge in [-0.15, -0.1) is 0 Å². The Labute approximate surface area is 117 Å². The minimum Gasteiger partial charge on any atom is -0.370 e. The van der Waals surface area contributed by atoms with Crippen molar-refractivity contribution in [1.82, 2.24) is 9.97 Å². The van der Waals surface area contributed by atoms with Crippen LogP contribution in [0.1, 0.15) is 53.4 Å². The second kappa shape index (κ2) is 7.97. The Morgan fingerprint density at radius 2 is 1.74 bits per heavy atom. The number of hydrogen-bond donors (Lipinski definition) is 2. The predicted octanol–water partition coefficient (Wildman–Crippen LogP) is 3.93. The zero-order valence-corrected chi connectivity index (χ0v) is 12.8. The van der Waals surface area contributed by atoms with Crippen LogP contribution in [0.4, 0.5) is 11.6 Å². The van der Waals surface area contributed by atoms with Crippen LogP contribution in [0.3, 0.4) is 0 Å². The van der Waals surface area contributed by atoms with Crippen LogP contribution >= 0.6 is 0 Å². The smallest absolute Gasteiger partial charge is 0.131 e. The van der Waals surface area contributed by atoms with Gasteiger partial charge in [0.1, 0.15) is 18.0 Å². The number of nitrogens with one attached hydrogen (secondary N) is 2. The molecule has 0 aliphatic carbocycles. The first kappa shape index (κ1) is 15.7. The molecule has 1 rings (SSSR count). The zero-order valence-electron chi connectivity index (χ0n) is 12.8. The fourth-order valence-corrected chi connectivity index (χ4v) is 2.00. The maximum Gasteiger partial charge on any atom is 0.131 e. The van der Waals surface area contributed by atoms with Crippen LogP contribution < -0.4 is 10.6 Å². The molecule has 0 aliphatic rings. The molecule has 0 unspecified atom stereocenters. The molecular formula is C15H28N4. The molecule has 0 aromatic carbocycles. The van der Waals surface area contributed by atoms with Gasteiger partial charge < -0.3 is 10.6 Å². The normalized spacial score (nSPS) is 11.4. The summed E-state index contributed by atoms with van der Waals surface area (Å²) in [6.07, 6.45) is 6.75. The Morgan fingerprint density at radius 3 is 2.37 bits per heavy atom. The molecule has 2 N–H and O–H groups in total. The van der Waals surface area contributed by atoms with Crippen molar-refractivity contribution in [3.8, 4) is 0 Å². The van der Waals surface area contributed by atoms with E-state index in [9.17, 15) is 0 Å². The van der Waals surface area contributed by atoms with E-state index in [4.69, 9.17) is 0 Å². The van der Waals surface area contributed by atoms with Crippen molar-refractivity contribution in [2.75, 3.05) is 23.7 Å². The summed E-state index contributed by atoms with van der Waals surface area (Å²) in [6.45, 7) is 10.7. The molecule has 0 saturated heterocycles. The Morgan fingerprint density at radius 1 is 1.05 bits per heavy atom. The van der Waals surface area contributed by atoms with E-state index in [1.54, 1.807) is 6.33 Å². The van der Waals surface area contributed by atoms with Crippen LogP contribution in [0.15, 0.2) is 12.4 Å². The third kappa shape index (κ3) is 6.41. The third-order valence-electron chi connectivity index (χ3n) is 3.23. The van der Waals surface area contributed by atoms with Gasteiger partial charge in [-0.3, -0.25) is 0 Å². The Hall–Kier alpha value is -1.32. The first-order valence-corrected chi connectivity index (χ1v) is 7.37. The van der Waals surface area contributed by atoms with Gasteiger partial charge in [-0.1, -0.05) is 40.0 Å². The van der Waals surface area contributed by atoms with Crippen molar-refractivity contribution in [1.29, 1.82) is 0 Å². The number of rotatable bonds is 9. The van der Waals surface area contributed by atoms with Crippen LogP contribution in [0, 0.1) is 5.41 Å². The Balaban J connectivity index is 2.44. The molecule has 0 atom stereocenters. The van der Waals surface area contributed by atoms with E-state index in [0.29, 0.717) is 5.41 Å². The van der Waals surface area contributed by atoms with E-state index in [1.807, 2.05) is 6.07 Å².